The zero-order chi connectivity index (χ0) is 17.2. The van der Waals surface area contributed by atoms with E-state index in [2.05, 4.69) is 5.32 Å². The first-order chi connectivity index (χ1) is 11.5. The molecular weight excluding hydrogens is 312 g/mol. The Morgan fingerprint density at radius 1 is 1.29 bits per heavy atom. The molecule has 1 atom stereocenters. The molecule has 2 saturated heterocycles. The molecule has 0 saturated carbocycles. The highest BCUT2D eigenvalue weighted by atomic mass is 16.7. The summed E-state index contributed by atoms with van der Waals surface area (Å²) in [7, 11) is 0. The number of amides is 2. The van der Waals surface area contributed by atoms with Crippen LogP contribution in [0.5, 0.6) is 5.75 Å². The van der Waals surface area contributed by atoms with E-state index < -0.39 is 6.16 Å². The van der Waals surface area contributed by atoms with Crippen LogP contribution in [-0.4, -0.2) is 49.1 Å². The normalized spacial score (nSPS) is 22.5. The van der Waals surface area contributed by atoms with Crippen molar-refractivity contribution in [3.05, 3.63) is 29.8 Å². The maximum Gasteiger partial charge on any atom is 0.513 e. The van der Waals surface area contributed by atoms with Gasteiger partial charge in [0.25, 0.3) is 5.91 Å². The van der Waals surface area contributed by atoms with Crippen molar-refractivity contribution in [1.82, 2.24) is 10.2 Å². The molecule has 1 spiro atoms. The van der Waals surface area contributed by atoms with E-state index in [1.165, 1.54) is 0 Å². The molecule has 7 heteroatoms. The number of likely N-dealkylation sites (tertiary alicyclic amines) is 1. The van der Waals surface area contributed by atoms with Crippen molar-refractivity contribution in [2.45, 2.75) is 19.8 Å². The Kier molecular flexibility index (Phi) is 4.42. The van der Waals surface area contributed by atoms with Crippen LogP contribution in [0.25, 0.3) is 0 Å². The minimum absolute atomic E-state index is 0.0600. The summed E-state index contributed by atoms with van der Waals surface area (Å²) in [4.78, 5) is 37.1. The van der Waals surface area contributed by atoms with Crippen LogP contribution in [-0.2, 0) is 9.53 Å². The van der Waals surface area contributed by atoms with Crippen molar-refractivity contribution in [1.29, 1.82) is 0 Å². The number of nitrogens with one attached hydrogen (secondary N) is 1. The van der Waals surface area contributed by atoms with Crippen molar-refractivity contribution >= 4 is 18.0 Å². The fraction of sp³-hybridized carbons (Fsp3) is 0.471. The first-order valence-corrected chi connectivity index (χ1v) is 8.02. The predicted molar refractivity (Wildman–Crippen MR) is 84.7 cm³/mol. The molecule has 0 bridgehead atoms. The molecule has 1 aromatic rings. The van der Waals surface area contributed by atoms with Gasteiger partial charge in [0.15, 0.2) is 0 Å². The summed E-state index contributed by atoms with van der Waals surface area (Å²) >= 11 is 0. The highest BCUT2D eigenvalue weighted by Crippen LogP contribution is 2.37. The maximum atomic E-state index is 12.6. The second-order valence-electron chi connectivity index (χ2n) is 6.24. The van der Waals surface area contributed by atoms with Gasteiger partial charge in [-0.3, -0.25) is 9.59 Å². The van der Waals surface area contributed by atoms with Crippen molar-refractivity contribution in [3.63, 3.8) is 0 Å². The van der Waals surface area contributed by atoms with E-state index in [0.717, 1.165) is 6.42 Å². The number of rotatable bonds is 3. The van der Waals surface area contributed by atoms with Gasteiger partial charge in [-0.05, 0) is 37.6 Å². The topological polar surface area (TPSA) is 84.9 Å². The number of hydrogen-bond acceptors (Lipinski definition) is 5. The molecule has 3 rings (SSSR count). The molecule has 2 amide bonds. The van der Waals surface area contributed by atoms with Gasteiger partial charge in [-0.1, -0.05) is 0 Å². The third kappa shape index (κ3) is 3.34. The van der Waals surface area contributed by atoms with Crippen LogP contribution in [0, 0.1) is 5.41 Å². The number of ether oxygens (including phenoxy) is 2. The Morgan fingerprint density at radius 3 is 2.67 bits per heavy atom. The Labute approximate surface area is 139 Å². The Bertz CT molecular complexity index is 657. The minimum Gasteiger partial charge on any atom is -0.434 e. The molecule has 2 aliphatic rings. The lowest BCUT2D eigenvalue weighted by Gasteiger charge is -2.21. The zero-order valence-corrected chi connectivity index (χ0v) is 13.5. The summed E-state index contributed by atoms with van der Waals surface area (Å²) in [6, 6.07) is 6.38. The molecule has 2 heterocycles. The first kappa shape index (κ1) is 16.3. The summed E-state index contributed by atoms with van der Waals surface area (Å²) in [5.74, 6) is 0.312. The van der Waals surface area contributed by atoms with E-state index in [0.29, 0.717) is 37.4 Å². The lowest BCUT2D eigenvalue weighted by Crippen LogP contribution is -2.33. The van der Waals surface area contributed by atoms with E-state index in [1.54, 1.807) is 36.1 Å². The highest BCUT2D eigenvalue weighted by molar-refractivity contribution is 5.94. The smallest absolute Gasteiger partial charge is 0.434 e. The largest absolute Gasteiger partial charge is 0.513 e. The van der Waals surface area contributed by atoms with Crippen molar-refractivity contribution in [3.8, 4) is 5.75 Å². The van der Waals surface area contributed by atoms with Gasteiger partial charge in [0, 0.05) is 37.0 Å². The van der Waals surface area contributed by atoms with Gasteiger partial charge >= 0.3 is 6.16 Å². The average Bonchev–Trinajstić information content (AvgIpc) is 3.14. The van der Waals surface area contributed by atoms with E-state index in [1.807, 2.05) is 0 Å². The van der Waals surface area contributed by atoms with E-state index >= 15 is 0 Å². The van der Waals surface area contributed by atoms with Crippen LogP contribution in [0.3, 0.4) is 0 Å². The fourth-order valence-electron chi connectivity index (χ4n) is 3.24. The monoisotopic (exact) mass is 332 g/mol. The van der Waals surface area contributed by atoms with E-state index in [9.17, 15) is 14.4 Å². The molecule has 2 aliphatic heterocycles. The third-order valence-corrected chi connectivity index (χ3v) is 4.49. The first-order valence-electron chi connectivity index (χ1n) is 8.02. The Morgan fingerprint density at radius 2 is 2.04 bits per heavy atom. The number of benzene rings is 1. The zero-order valence-electron chi connectivity index (χ0n) is 13.5. The lowest BCUT2D eigenvalue weighted by molar-refractivity contribution is -0.119. The molecular formula is C17H20N2O5. The quantitative estimate of drug-likeness (QED) is 0.671. The Balaban J connectivity index is 1.61. The second kappa shape index (κ2) is 6.51. The maximum absolute atomic E-state index is 12.6. The molecule has 1 N–H and O–H groups in total. The van der Waals surface area contributed by atoms with Crippen molar-refractivity contribution in [2.24, 2.45) is 5.41 Å². The van der Waals surface area contributed by atoms with Gasteiger partial charge in [-0.25, -0.2) is 4.79 Å². The highest BCUT2D eigenvalue weighted by Gasteiger charge is 2.45. The second-order valence-corrected chi connectivity index (χ2v) is 6.24. The number of carbonyl (C=O) groups excluding carboxylic acids is 3. The van der Waals surface area contributed by atoms with Gasteiger partial charge in [-0.15, -0.1) is 0 Å². The summed E-state index contributed by atoms with van der Waals surface area (Å²) in [6.45, 7) is 3.81. The number of carbonyl (C=O) groups is 3. The van der Waals surface area contributed by atoms with Gasteiger partial charge in [0.2, 0.25) is 5.91 Å². The van der Waals surface area contributed by atoms with Gasteiger partial charge < -0.3 is 19.7 Å². The van der Waals surface area contributed by atoms with Crippen LogP contribution in [0.2, 0.25) is 0 Å². The van der Waals surface area contributed by atoms with Crippen LogP contribution >= 0.6 is 0 Å². The van der Waals surface area contributed by atoms with E-state index in [-0.39, 0.29) is 23.8 Å². The molecule has 2 fully saturated rings. The van der Waals surface area contributed by atoms with Crippen LogP contribution in [0.4, 0.5) is 4.79 Å². The van der Waals surface area contributed by atoms with Gasteiger partial charge in [-0.2, -0.15) is 0 Å². The Hall–Kier alpha value is -2.57. The lowest BCUT2D eigenvalue weighted by atomic mass is 9.86. The predicted octanol–water partition coefficient (Wildman–Crippen LogP) is 1.57. The molecule has 0 radical (unpaired) electrons. The molecule has 0 aromatic heterocycles. The average molecular weight is 332 g/mol. The molecule has 0 aliphatic carbocycles. The molecule has 24 heavy (non-hydrogen) atoms. The summed E-state index contributed by atoms with van der Waals surface area (Å²) < 4.78 is 9.67. The van der Waals surface area contributed by atoms with Crippen LogP contribution in [0.15, 0.2) is 24.3 Å². The SMILES string of the molecule is CCOC(=O)Oc1ccc(C(=O)N2CCC3(CNC(=O)C3)C2)cc1. The summed E-state index contributed by atoms with van der Waals surface area (Å²) in [6.07, 6.45) is 0.557. The van der Waals surface area contributed by atoms with Gasteiger partial charge in [0.1, 0.15) is 5.75 Å². The third-order valence-electron chi connectivity index (χ3n) is 4.49. The van der Waals surface area contributed by atoms with Crippen molar-refractivity contribution < 1.29 is 23.9 Å². The van der Waals surface area contributed by atoms with Crippen LogP contribution < -0.4 is 10.1 Å². The molecule has 7 nitrogen and oxygen atoms in total. The summed E-state index contributed by atoms with van der Waals surface area (Å²) in [5, 5.41) is 2.85. The van der Waals surface area contributed by atoms with Gasteiger partial charge in [0.05, 0.1) is 6.61 Å². The van der Waals surface area contributed by atoms with E-state index in [4.69, 9.17) is 9.47 Å². The fourth-order valence-corrected chi connectivity index (χ4v) is 3.24. The number of nitrogens with zero attached hydrogens (tertiary/aromatic N) is 1. The summed E-state index contributed by atoms with van der Waals surface area (Å²) in [5.41, 5.74) is 0.417. The number of hydrogen-bond donors (Lipinski definition) is 1. The molecule has 1 unspecified atom stereocenters. The standard InChI is InChI=1S/C17H20N2O5/c1-2-23-16(22)24-13-5-3-12(4-6-13)15(21)19-8-7-17(11-19)9-14(20)18-10-17/h3-6H,2,7-11H2,1H3,(H,18,20). The minimum atomic E-state index is -0.767. The molecule has 128 valence electrons. The molecule has 1 aromatic carbocycles. The van der Waals surface area contributed by atoms with Crippen LogP contribution in [0.1, 0.15) is 30.1 Å². The van der Waals surface area contributed by atoms with Crippen molar-refractivity contribution in [2.75, 3.05) is 26.2 Å².